The second-order valence-corrected chi connectivity index (χ2v) is 8.53. The van der Waals surface area contributed by atoms with E-state index >= 15 is 0 Å². The lowest BCUT2D eigenvalue weighted by Gasteiger charge is -2.24. The third-order valence-corrected chi connectivity index (χ3v) is 4.89. The number of esters is 1. The maximum absolute atomic E-state index is 13.7. The molecule has 0 unspecified atom stereocenters. The van der Waals surface area contributed by atoms with Crippen LogP contribution in [-0.4, -0.2) is 25.2 Å². The van der Waals surface area contributed by atoms with E-state index in [1.165, 1.54) is 44.2 Å². The Morgan fingerprint density at radius 1 is 1.22 bits per heavy atom. The third kappa shape index (κ3) is 8.98. The number of ether oxygens (including phenoxy) is 1. The number of halogens is 5. The highest BCUT2D eigenvalue weighted by atomic mass is 79.9. The molecule has 1 amide bonds. The molecule has 0 aliphatic heterocycles. The molecule has 1 N–H and O–H groups in total. The van der Waals surface area contributed by atoms with Crippen LogP contribution in [0.15, 0.2) is 53.1 Å². The number of rotatable bonds is 10. The van der Waals surface area contributed by atoms with E-state index in [1.807, 2.05) is 0 Å². The first-order valence-electron chi connectivity index (χ1n) is 9.74. The molecular formula is C23H26BrF4NO3. The fourth-order valence-corrected chi connectivity index (χ4v) is 3.01. The minimum absolute atomic E-state index is 0.0321. The van der Waals surface area contributed by atoms with Gasteiger partial charge in [-0.25, -0.2) is 4.39 Å². The zero-order valence-corrected chi connectivity index (χ0v) is 19.7. The van der Waals surface area contributed by atoms with Gasteiger partial charge >= 0.3 is 12.1 Å². The van der Waals surface area contributed by atoms with Crippen LogP contribution in [0.5, 0.6) is 0 Å². The van der Waals surface area contributed by atoms with Gasteiger partial charge in [-0.3, -0.25) is 9.59 Å². The summed E-state index contributed by atoms with van der Waals surface area (Å²) in [6.07, 6.45) is -0.743. The van der Waals surface area contributed by atoms with Crippen LogP contribution in [0.4, 0.5) is 23.2 Å². The molecular weight excluding hydrogens is 494 g/mol. The van der Waals surface area contributed by atoms with E-state index in [4.69, 9.17) is 4.74 Å². The van der Waals surface area contributed by atoms with Crippen LogP contribution < -0.4 is 5.32 Å². The summed E-state index contributed by atoms with van der Waals surface area (Å²) in [6.45, 7) is 7.82. The summed E-state index contributed by atoms with van der Waals surface area (Å²) in [5.41, 5.74) is -1.82. The fraction of sp³-hybridized carbons (Fsp3) is 0.391. The molecule has 4 nitrogen and oxygen atoms in total. The summed E-state index contributed by atoms with van der Waals surface area (Å²) in [5, 5.41) is 2.42. The summed E-state index contributed by atoms with van der Waals surface area (Å²) in [5.74, 6) is -1.15. The monoisotopic (exact) mass is 519 g/mol. The second-order valence-electron chi connectivity index (χ2n) is 7.61. The molecule has 0 saturated heterocycles. The molecule has 1 aromatic carbocycles. The number of amides is 1. The van der Waals surface area contributed by atoms with E-state index in [9.17, 15) is 27.2 Å². The van der Waals surface area contributed by atoms with Crippen molar-refractivity contribution in [1.82, 2.24) is 0 Å². The van der Waals surface area contributed by atoms with Crippen molar-refractivity contribution in [3.63, 3.8) is 0 Å². The van der Waals surface area contributed by atoms with E-state index in [0.717, 1.165) is 6.07 Å². The molecule has 1 aromatic rings. The summed E-state index contributed by atoms with van der Waals surface area (Å²) < 4.78 is 58.6. The normalized spacial score (nSPS) is 12.7. The molecule has 9 heteroatoms. The summed E-state index contributed by atoms with van der Waals surface area (Å²) in [6, 6.07) is 3.43. The van der Waals surface area contributed by atoms with E-state index in [-0.39, 0.29) is 30.7 Å². The van der Waals surface area contributed by atoms with Crippen molar-refractivity contribution in [1.29, 1.82) is 0 Å². The Kier molecular flexibility index (Phi) is 10.3. The first kappa shape index (κ1) is 27.6. The van der Waals surface area contributed by atoms with Gasteiger partial charge in [0.1, 0.15) is 6.67 Å². The van der Waals surface area contributed by atoms with Gasteiger partial charge in [-0.05, 0) is 62.6 Å². The van der Waals surface area contributed by atoms with Crippen LogP contribution >= 0.6 is 15.9 Å². The number of nitrogens with one attached hydrogen (secondary N) is 1. The largest absolute Gasteiger partial charge is 0.466 e. The summed E-state index contributed by atoms with van der Waals surface area (Å²) >= 11 is 3.12. The molecule has 0 atom stereocenters. The molecule has 0 aliphatic carbocycles. The Morgan fingerprint density at radius 3 is 2.44 bits per heavy atom. The van der Waals surface area contributed by atoms with Crippen LogP contribution in [0.3, 0.4) is 0 Å². The first-order chi connectivity index (χ1) is 14.8. The van der Waals surface area contributed by atoms with Crippen molar-refractivity contribution in [2.75, 3.05) is 18.6 Å². The van der Waals surface area contributed by atoms with Gasteiger partial charge in [0.05, 0.1) is 24.0 Å². The Bertz CT molecular complexity index is 905. The lowest BCUT2D eigenvalue weighted by Crippen LogP contribution is -2.30. The standard InChI is InChI=1S/C23H26BrF4NO3/c1-5-32-21(31)22(3,4)14-16-7-9-18(13-19(16)23(26,27)28)29-20(30)12-15(2)6-8-17(24)10-11-25/h6-10,13H,2,5,11-12,14H2,1,3-4H3,(H,29,30)/b8-6-,17-10+. The van der Waals surface area contributed by atoms with Gasteiger partial charge in [0.15, 0.2) is 0 Å². The zero-order valence-electron chi connectivity index (χ0n) is 18.1. The van der Waals surface area contributed by atoms with Gasteiger partial charge < -0.3 is 10.1 Å². The topological polar surface area (TPSA) is 55.4 Å². The number of allylic oxidation sites excluding steroid dienone is 4. The lowest BCUT2D eigenvalue weighted by molar-refractivity contribution is -0.154. The molecule has 1 rings (SSSR count). The van der Waals surface area contributed by atoms with Crippen LogP contribution in [0.2, 0.25) is 0 Å². The SMILES string of the molecule is C=C(/C=C\C(Br)=C/CF)CC(=O)Nc1ccc(CC(C)(C)C(=O)OCC)c(C(F)(F)F)c1. The van der Waals surface area contributed by atoms with Crippen molar-refractivity contribution in [2.45, 2.75) is 39.8 Å². The zero-order chi connectivity index (χ0) is 24.5. The lowest BCUT2D eigenvalue weighted by atomic mass is 9.84. The van der Waals surface area contributed by atoms with E-state index in [0.29, 0.717) is 10.1 Å². The molecule has 0 saturated carbocycles. The van der Waals surface area contributed by atoms with Crippen LogP contribution in [0.25, 0.3) is 0 Å². The average molecular weight is 520 g/mol. The minimum Gasteiger partial charge on any atom is -0.466 e. The maximum atomic E-state index is 13.7. The predicted molar refractivity (Wildman–Crippen MR) is 120 cm³/mol. The first-order valence-corrected chi connectivity index (χ1v) is 10.5. The number of hydrogen-bond acceptors (Lipinski definition) is 3. The molecule has 0 radical (unpaired) electrons. The number of anilines is 1. The quantitative estimate of drug-likeness (QED) is 0.217. The molecule has 0 heterocycles. The van der Waals surface area contributed by atoms with Gasteiger partial charge in [0.25, 0.3) is 0 Å². The van der Waals surface area contributed by atoms with Crippen molar-refractivity contribution >= 4 is 33.5 Å². The van der Waals surface area contributed by atoms with Gasteiger partial charge in [-0.2, -0.15) is 13.2 Å². The summed E-state index contributed by atoms with van der Waals surface area (Å²) in [4.78, 5) is 24.3. The van der Waals surface area contributed by atoms with Crippen molar-refractivity contribution in [3.05, 3.63) is 64.2 Å². The second kappa shape index (κ2) is 12.0. The molecule has 0 fully saturated rings. The van der Waals surface area contributed by atoms with Gasteiger partial charge in [-0.15, -0.1) is 0 Å². The molecule has 32 heavy (non-hydrogen) atoms. The predicted octanol–water partition coefficient (Wildman–Crippen LogP) is 6.53. The Labute approximate surface area is 193 Å². The van der Waals surface area contributed by atoms with Crippen LogP contribution in [0.1, 0.15) is 38.3 Å². The molecule has 0 aromatic heterocycles. The van der Waals surface area contributed by atoms with Crippen LogP contribution in [0, 0.1) is 5.41 Å². The van der Waals surface area contributed by atoms with Crippen molar-refractivity contribution in [3.8, 4) is 0 Å². The minimum atomic E-state index is -4.68. The Morgan fingerprint density at radius 2 is 1.88 bits per heavy atom. The van der Waals surface area contributed by atoms with Gasteiger partial charge in [-0.1, -0.05) is 34.7 Å². The number of carbonyl (C=O) groups excluding carboxylic acids is 2. The fourth-order valence-electron chi connectivity index (χ4n) is 2.76. The van der Waals surface area contributed by atoms with E-state index in [2.05, 4.69) is 27.8 Å². The third-order valence-electron chi connectivity index (χ3n) is 4.30. The van der Waals surface area contributed by atoms with Crippen LogP contribution in [-0.2, 0) is 26.9 Å². The van der Waals surface area contributed by atoms with Crippen molar-refractivity contribution in [2.24, 2.45) is 5.41 Å². The average Bonchev–Trinajstić information content (AvgIpc) is 2.67. The highest BCUT2D eigenvalue weighted by Gasteiger charge is 2.37. The molecule has 0 aliphatic rings. The Hall–Kier alpha value is -2.42. The highest BCUT2D eigenvalue weighted by molar-refractivity contribution is 9.11. The smallest absolute Gasteiger partial charge is 0.416 e. The number of hydrogen-bond donors (Lipinski definition) is 1. The summed E-state index contributed by atoms with van der Waals surface area (Å²) in [7, 11) is 0. The molecule has 0 spiro atoms. The number of benzene rings is 1. The molecule has 0 bridgehead atoms. The number of carbonyl (C=O) groups is 2. The maximum Gasteiger partial charge on any atom is 0.416 e. The van der Waals surface area contributed by atoms with Gasteiger partial charge in [0.2, 0.25) is 5.91 Å². The van der Waals surface area contributed by atoms with Crippen molar-refractivity contribution < 1.29 is 31.9 Å². The van der Waals surface area contributed by atoms with E-state index < -0.39 is 35.7 Å². The Balaban J connectivity index is 3.00. The number of alkyl halides is 4. The molecule has 176 valence electrons. The van der Waals surface area contributed by atoms with Gasteiger partial charge in [0, 0.05) is 10.2 Å². The highest BCUT2D eigenvalue weighted by Crippen LogP contribution is 2.37. The van der Waals surface area contributed by atoms with E-state index in [1.54, 1.807) is 6.92 Å².